The molecule has 8 heteroatoms. The first kappa shape index (κ1) is 18.8. The third-order valence-electron chi connectivity index (χ3n) is 5.95. The Morgan fingerprint density at radius 1 is 1.33 bits per heavy atom. The van der Waals surface area contributed by atoms with Gasteiger partial charge in [-0.2, -0.15) is 4.31 Å². The third-order valence-corrected chi connectivity index (χ3v) is 8.50. The summed E-state index contributed by atoms with van der Waals surface area (Å²) in [7, 11) is -3.42. The number of benzene rings is 1. The molecule has 0 saturated carbocycles. The summed E-state index contributed by atoms with van der Waals surface area (Å²) in [5.41, 5.74) is -0.313. The van der Waals surface area contributed by atoms with E-state index in [1.165, 1.54) is 10.4 Å². The Balaban J connectivity index is 1.48. The topological polar surface area (TPSA) is 66.9 Å². The van der Waals surface area contributed by atoms with Crippen LogP contribution in [0.4, 0.5) is 4.39 Å². The van der Waals surface area contributed by atoms with Crippen LogP contribution >= 0.6 is 0 Å². The third kappa shape index (κ3) is 3.07. The molecule has 1 spiro atoms. The molecular weight excluding hydrogens is 371 g/mol. The van der Waals surface area contributed by atoms with Gasteiger partial charge in [0.25, 0.3) is 0 Å². The van der Waals surface area contributed by atoms with Crippen LogP contribution in [-0.4, -0.2) is 66.2 Å². The smallest absolute Gasteiger partial charge is 0.223 e. The van der Waals surface area contributed by atoms with Gasteiger partial charge in [0.05, 0.1) is 12.6 Å². The molecule has 0 N–H and O–H groups in total. The molecule has 3 aliphatic heterocycles. The maximum atomic E-state index is 13.8. The summed E-state index contributed by atoms with van der Waals surface area (Å²) in [5.74, 6) is -0.382. The number of halogens is 1. The Morgan fingerprint density at radius 2 is 2.07 bits per heavy atom. The quantitative estimate of drug-likeness (QED) is 0.775. The second-order valence-corrected chi connectivity index (χ2v) is 10.1. The molecule has 3 heterocycles. The van der Waals surface area contributed by atoms with Crippen molar-refractivity contribution in [3.8, 4) is 0 Å². The van der Waals surface area contributed by atoms with Crippen LogP contribution in [0.25, 0.3) is 0 Å². The highest BCUT2D eigenvalue weighted by Gasteiger charge is 2.65. The lowest BCUT2D eigenvalue weighted by Gasteiger charge is -2.39. The number of hydrogen-bond acceptors (Lipinski definition) is 4. The van der Waals surface area contributed by atoms with Gasteiger partial charge in [0.15, 0.2) is 0 Å². The first-order valence-electron chi connectivity index (χ1n) is 9.42. The van der Waals surface area contributed by atoms with Crippen LogP contribution in [0.15, 0.2) is 24.3 Å². The van der Waals surface area contributed by atoms with Crippen molar-refractivity contribution in [1.82, 2.24) is 9.21 Å². The molecule has 2 bridgehead atoms. The highest BCUT2D eigenvalue weighted by atomic mass is 32.2. The van der Waals surface area contributed by atoms with Crippen LogP contribution in [0.2, 0.25) is 0 Å². The van der Waals surface area contributed by atoms with Crippen molar-refractivity contribution >= 4 is 15.9 Å². The largest absolute Gasteiger partial charge is 0.365 e. The van der Waals surface area contributed by atoms with E-state index in [2.05, 4.69) is 0 Å². The van der Waals surface area contributed by atoms with Crippen molar-refractivity contribution in [1.29, 1.82) is 0 Å². The van der Waals surface area contributed by atoms with E-state index in [4.69, 9.17) is 4.74 Å². The van der Waals surface area contributed by atoms with Crippen LogP contribution in [0.1, 0.15) is 32.3 Å². The van der Waals surface area contributed by atoms with E-state index < -0.39 is 20.9 Å². The standard InChI is InChI=1S/C19H25FN2O4S/c1-13(2)22-12-19-11-21(10-15(26-19)9-17(19)27(22,24)25)18(23)8-7-14-5-3-4-6-16(14)20/h3-6,13,15,17H,7-12H2,1-2H3/t15-,17+,19?/m1/s1. The highest BCUT2D eigenvalue weighted by molar-refractivity contribution is 7.90. The SMILES string of the molecule is CC(C)N1CC23CN(C(=O)CCc4ccccc4F)C[C@@H](C[C@@H]2S1(=O)=O)O3. The van der Waals surface area contributed by atoms with E-state index in [0.29, 0.717) is 31.5 Å². The van der Waals surface area contributed by atoms with Gasteiger partial charge < -0.3 is 9.64 Å². The Morgan fingerprint density at radius 3 is 2.78 bits per heavy atom. The number of carbonyl (C=O) groups is 1. The Hall–Kier alpha value is -1.51. The van der Waals surface area contributed by atoms with Crippen molar-refractivity contribution < 1.29 is 22.3 Å². The molecule has 27 heavy (non-hydrogen) atoms. The number of aryl methyl sites for hydroxylation is 1. The number of rotatable bonds is 4. The second kappa shape index (κ2) is 6.53. The van der Waals surface area contributed by atoms with Gasteiger partial charge in [0.1, 0.15) is 16.7 Å². The predicted molar refractivity (Wildman–Crippen MR) is 98.1 cm³/mol. The van der Waals surface area contributed by atoms with Crippen LogP contribution in [0, 0.1) is 5.82 Å². The fraction of sp³-hybridized carbons (Fsp3) is 0.632. The molecule has 3 fully saturated rings. The van der Waals surface area contributed by atoms with Crippen molar-refractivity contribution in [2.75, 3.05) is 19.6 Å². The maximum absolute atomic E-state index is 13.8. The Bertz CT molecular complexity index is 859. The first-order valence-corrected chi connectivity index (χ1v) is 10.9. The van der Waals surface area contributed by atoms with E-state index in [0.717, 1.165) is 0 Å². The first-order chi connectivity index (χ1) is 12.7. The summed E-state index contributed by atoms with van der Waals surface area (Å²) in [5, 5.41) is -0.582. The molecule has 1 aromatic carbocycles. The second-order valence-electron chi connectivity index (χ2n) is 8.08. The highest BCUT2D eigenvalue weighted by Crippen LogP contribution is 2.47. The summed E-state index contributed by atoms with van der Waals surface area (Å²) < 4.78 is 47.1. The molecule has 0 radical (unpaired) electrons. The van der Waals surface area contributed by atoms with Gasteiger partial charge in [-0.05, 0) is 38.3 Å². The number of amides is 1. The number of ether oxygens (including phenoxy) is 1. The van der Waals surface area contributed by atoms with Gasteiger partial charge in [-0.15, -0.1) is 0 Å². The molecule has 3 aliphatic rings. The monoisotopic (exact) mass is 396 g/mol. The van der Waals surface area contributed by atoms with Crippen molar-refractivity contribution in [3.05, 3.63) is 35.6 Å². The van der Waals surface area contributed by atoms with E-state index in [1.807, 2.05) is 13.8 Å². The molecule has 1 amide bonds. The molecule has 3 atom stereocenters. The Kier molecular flexibility index (Phi) is 4.56. The van der Waals surface area contributed by atoms with Crippen molar-refractivity contribution in [2.45, 2.75) is 56.1 Å². The van der Waals surface area contributed by atoms with E-state index >= 15 is 0 Å². The normalized spacial score (nSPS) is 32.1. The van der Waals surface area contributed by atoms with Crippen molar-refractivity contribution in [2.24, 2.45) is 0 Å². The number of fused-ring (bicyclic) bond motifs is 1. The van der Waals surface area contributed by atoms with Crippen LogP contribution in [0.3, 0.4) is 0 Å². The van der Waals surface area contributed by atoms with Gasteiger partial charge in [0, 0.05) is 25.6 Å². The number of sulfonamides is 1. The predicted octanol–water partition coefficient (Wildman–Crippen LogP) is 1.55. The molecule has 1 aromatic rings. The molecule has 0 aromatic heterocycles. The van der Waals surface area contributed by atoms with Gasteiger partial charge in [0.2, 0.25) is 15.9 Å². The summed E-state index contributed by atoms with van der Waals surface area (Å²) in [4.78, 5) is 14.5. The zero-order valence-electron chi connectivity index (χ0n) is 15.6. The van der Waals surface area contributed by atoms with Crippen LogP contribution in [-0.2, 0) is 26.0 Å². The van der Waals surface area contributed by atoms with Gasteiger partial charge in [-0.25, -0.2) is 12.8 Å². The number of morpholine rings is 1. The lowest BCUT2D eigenvalue weighted by Crippen LogP contribution is -2.56. The summed E-state index contributed by atoms with van der Waals surface area (Å²) in [6, 6.07) is 6.32. The lowest BCUT2D eigenvalue weighted by atomic mass is 9.98. The average Bonchev–Trinajstić information content (AvgIpc) is 2.99. The lowest BCUT2D eigenvalue weighted by molar-refractivity contribution is -0.151. The summed E-state index contributed by atoms with van der Waals surface area (Å²) >= 11 is 0. The van der Waals surface area contributed by atoms with E-state index in [-0.39, 0.29) is 36.8 Å². The van der Waals surface area contributed by atoms with E-state index in [1.54, 1.807) is 23.1 Å². The fourth-order valence-electron chi connectivity index (χ4n) is 4.66. The number of nitrogens with zero attached hydrogens (tertiary/aromatic N) is 2. The van der Waals surface area contributed by atoms with Crippen LogP contribution in [0.5, 0.6) is 0 Å². The molecule has 148 valence electrons. The minimum atomic E-state index is -3.42. The fourth-order valence-corrected chi connectivity index (χ4v) is 7.18. The van der Waals surface area contributed by atoms with Crippen molar-refractivity contribution in [3.63, 3.8) is 0 Å². The molecule has 0 aliphatic carbocycles. The average molecular weight is 396 g/mol. The number of carbonyl (C=O) groups excluding carboxylic acids is 1. The van der Waals surface area contributed by atoms with E-state index in [9.17, 15) is 17.6 Å². The minimum absolute atomic E-state index is 0.0769. The molecular formula is C19H25FN2O4S. The van der Waals surface area contributed by atoms with Gasteiger partial charge >= 0.3 is 0 Å². The zero-order valence-corrected chi connectivity index (χ0v) is 16.4. The maximum Gasteiger partial charge on any atom is 0.223 e. The molecule has 3 saturated heterocycles. The van der Waals surface area contributed by atoms with Gasteiger partial charge in [-0.1, -0.05) is 18.2 Å². The minimum Gasteiger partial charge on any atom is -0.365 e. The Labute approximate surface area is 159 Å². The van der Waals surface area contributed by atoms with Crippen LogP contribution < -0.4 is 0 Å². The molecule has 1 unspecified atom stereocenters. The summed E-state index contributed by atoms with van der Waals surface area (Å²) in [6.07, 6.45) is 0.725. The zero-order chi connectivity index (χ0) is 19.4. The molecule has 6 nitrogen and oxygen atoms in total. The summed E-state index contributed by atoms with van der Waals surface area (Å²) in [6.45, 7) is 4.70. The molecule has 4 rings (SSSR count). The number of likely N-dealkylation sites (tertiary alicyclic amines) is 1. The number of hydrogen-bond donors (Lipinski definition) is 0. The van der Waals surface area contributed by atoms with Gasteiger partial charge in [-0.3, -0.25) is 4.79 Å².